The van der Waals surface area contributed by atoms with Gasteiger partial charge in [0, 0.05) is 54.7 Å². The van der Waals surface area contributed by atoms with Gasteiger partial charge in [0.25, 0.3) is 0 Å². The number of nitrogens with one attached hydrogen (secondary N) is 1. The molecule has 1 fully saturated rings. The maximum absolute atomic E-state index is 5.39. The third-order valence-electron chi connectivity index (χ3n) is 4.83. The summed E-state index contributed by atoms with van der Waals surface area (Å²) in [5.41, 5.74) is 4.05. The Balaban J connectivity index is 1.49. The molecule has 4 aromatic heterocycles. The molecule has 5 rings (SSSR count). The summed E-state index contributed by atoms with van der Waals surface area (Å²) in [6.07, 6.45) is 11.5. The van der Waals surface area contributed by atoms with E-state index in [1.165, 1.54) is 0 Å². The van der Waals surface area contributed by atoms with Gasteiger partial charge >= 0.3 is 0 Å². The van der Waals surface area contributed by atoms with Gasteiger partial charge in [-0.1, -0.05) is 0 Å². The van der Waals surface area contributed by atoms with E-state index in [0.717, 1.165) is 48.4 Å². The summed E-state index contributed by atoms with van der Waals surface area (Å²) in [5, 5.41) is 8.00. The van der Waals surface area contributed by atoms with Gasteiger partial charge in [-0.25, -0.2) is 19.5 Å². The number of anilines is 1. The molecule has 0 amide bonds. The highest BCUT2D eigenvalue weighted by atomic mass is 16.5. The first-order valence-corrected chi connectivity index (χ1v) is 8.77. The molecule has 0 aromatic carbocycles. The minimum absolute atomic E-state index is 0.368. The third kappa shape index (κ3) is 2.59. The summed E-state index contributed by atoms with van der Waals surface area (Å²) in [6.45, 7) is 3.59. The molecular weight excluding hydrogens is 330 g/mol. The lowest BCUT2D eigenvalue weighted by Gasteiger charge is -2.22. The second-order valence-corrected chi connectivity index (χ2v) is 6.58. The zero-order chi connectivity index (χ0) is 17.5. The first-order chi connectivity index (χ1) is 12.8. The minimum Gasteiger partial charge on any atom is -0.381 e. The highest BCUT2D eigenvalue weighted by molar-refractivity contribution is 5.79. The number of ether oxygens (including phenoxy) is 1. The Bertz CT molecular complexity index is 1080. The standard InChI is InChI=1S/C18H19N7O/c1-12-8-20-18-21-9-13(11-24(12)18)15-2-5-25-16(15)10-19-17(23-25)22-14-3-6-26-7-4-14/h2,5,8-11,14H,3-4,6-7H2,1H3,(H,22,23). The van der Waals surface area contributed by atoms with Crippen molar-refractivity contribution in [1.29, 1.82) is 0 Å². The molecule has 1 aliphatic heterocycles. The molecular formula is C18H19N7O. The number of imidazole rings is 1. The molecule has 0 bridgehead atoms. The number of hydrogen-bond acceptors (Lipinski definition) is 6. The fourth-order valence-corrected chi connectivity index (χ4v) is 3.36. The molecule has 5 heterocycles. The van der Waals surface area contributed by atoms with Gasteiger partial charge in [0.1, 0.15) is 0 Å². The van der Waals surface area contributed by atoms with E-state index in [-0.39, 0.29) is 0 Å². The molecule has 1 N–H and O–H groups in total. The number of aryl methyl sites for hydroxylation is 1. The van der Waals surface area contributed by atoms with Crippen molar-refractivity contribution < 1.29 is 4.74 Å². The Kier molecular flexibility index (Phi) is 3.56. The zero-order valence-corrected chi connectivity index (χ0v) is 14.5. The van der Waals surface area contributed by atoms with Crippen molar-refractivity contribution in [2.45, 2.75) is 25.8 Å². The van der Waals surface area contributed by atoms with Crippen molar-refractivity contribution in [2.24, 2.45) is 0 Å². The molecule has 0 saturated carbocycles. The molecule has 8 heteroatoms. The number of fused-ring (bicyclic) bond motifs is 2. The van der Waals surface area contributed by atoms with E-state index in [4.69, 9.17) is 4.74 Å². The summed E-state index contributed by atoms with van der Waals surface area (Å²) < 4.78 is 9.24. The van der Waals surface area contributed by atoms with Gasteiger partial charge in [0.2, 0.25) is 11.7 Å². The summed E-state index contributed by atoms with van der Waals surface area (Å²) in [5.74, 6) is 1.35. The highest BCUT2D eigenvalue weighted by Gasteiger charge is 2.15. The second kappa shape index (κ2) is 6.06. The molecule has 0 unspecified atom stereocenters. The average molecular weight is 349 g/mol. The van der Waals surface area contributed by atoms with Crippen LogP contribution in [0.5, 0.6) is 0 Å². The van der Waals surface area contributed by atoms with Crippen molar-refractivity contribution in [3.05, 3.63) is 42.7 Å². The Morgan fingerprint density at radius 2 is 1.96 bits per heavy atom. The van der Waals surface area contributed by atoms with Crippen LogP contribution < -0.4 is 5.32 Å². The molecule has 0 atom stereocenters. The van der Waals surface area contributed by atoms with Crippen LogP contribution in [0.3, 0.4) is 0 Å². The molecule has 26 heavy (non-hydrogen) atoms. The zero-order valence-electron chi connectivity index (χ0n) is 14.5. The first-order valence-electron chi connectivity index (χ1n) is 8.77. The van der Waals surface area contributed by atoms with Crippen molar-refractivity contribution in [3.63, 3.8) is 0 Å². The van der Waals surface area contributed by atoms with Crippen LogP contribution in [0, 0.1) is 6.92 Å². The Labute approximate surface area is 149 Å². The van der Waals surface area contributed by atoms with E-state index >= 15 is 0 Å². The van der Waals surface area contributed by atoms with Crippen LogP contribution in [0.4, 0.5) is 5.95 Å². The molecule has 0 spiro atoms. The summed E-state index contributed by atoms with van der Waals surface area (Å²) >= 11 is 0. The molecule has 0 radical (unpaired) electrons. The van der Waals surface area contributed by atoms with Crippen LogP contribution in [0.1, 0.15) is 18.5 Å². The van der Waals surface area contributed by atoms with Gasteiger partial charge in [0.05, 0.1) is 17.9 Å². The number of nitrogens with zero attached hydrogens (tertiary/aromatic N) is 6. The number of rotatable bonds is 3. The van der Waals surface area contributed by atoms with E-state index in [9.17, 15) is 0 Å². The lowest BCUT2D eigenvalue weighted by Crippen LogP contribution is -2.28. The monoisotopic (exact) mass is 349 g/mol. The van der Waals surface area contributed by atoms with Crippen molar-refractivity contribution >= 4 is 17.2 Å². The Hall–Kier alpha value is -3.00. The fourth-order valence-electron chi connectivity index (χ4n) is 3.36. The maximum Gasteiger partial charge on any atom is 0.241 e. The van der Waals surface area contributed by atoms with Gasteiger partial charge < -0.3 is 10.1 Å². The molecule has 132 valence electrons. The second-order valence-electron chi connectivity index (χ2n) is 6.58. The predicted octanol–water partition coefficient (Wildman–Crippen LogP) is 2.34. The van der Waals surface area contributed by atoms with E-state index < -0.39 is 0 Å². The lowest BCUT2D eigenvalue weighted by atomic mass is 10.1. The fraction of sp³-hybridized carbons (Fsp3) is 0.333. The van der Waals surface area contributed by atoms with E-state index in [2.05, 4.69) is 25.4 Å². The van der Waals surface area contributed by atoms with Crippen molar-refractivity contribution in [3.8, 4) is 11.1 Å². The lowest BCUT2D eigenvalue weighted by molar-refractivity contribution is 0.0903. The van der Waals surface area contributed by atoms with Gasteiger partial charge in [-0.2, -0.15) is 0 Å². The van der Waals surface area contributed by atoms with Gasteiger partial charge in [0.15, 0.2) is 0 Å². The van der Waals surface area contributed by atoms with Crippen molar-refractivity contribution in [1.82, 2.24) is 29.0 Å². The SMILES string of the molecule is Cc1cnc2ncc(-c3ccn4nc(NC5CCOCC5)ncc34)cn12. The first kappa shape index (κ1) is 15.3. The van der Waals surface area contributed by atoms with Gasteiger partial charge in [-0.05, 0) is 25.8 Å². The quantitative estimate of drug-likeness (QED) is 0.611. The largest absolute Gasteiger partial charge is 0.381 e. The minimum atomic E-state index is 0.368. The average Bonchev–Trinajstić information content (AvgIpc) is 3.26. The van der Waals surface area contributed by atoms with Gasteiger partial charge in [-0.3, -0.25) is 4.40 Å². The molecule has 1 aliphatic rings. The topological polar surface area (TPSA) is 81.6 Å². The summed E-state index contributed by atoms with van der Waals surface area (Å²) in [4.78, 5) is 13.2. The van der Waals surface area contributed by atoms with Crippen LogP contribution >= 0.6 is 0 Å². The smallest absolute Gasteiger partial charge is 0.241 e. The third-order valence-corrected chi connectivity index (χ3v) is 4.83. The molecule has 4 aromatic rings. The molecule has 1 saturated heterocycles. The van der Waals surface area contributed by atoms with Crippen LogP contribution in [0.25, 0.3) is 22.4 Å². The van der Waals surface area contributed by atoms with Crippen LogP contribution in [0.2, 0.25) is 0 Å². The summed E-state index contributed by atoms with van der Waals surface area (Å²) in [6, 6.07) is 2.41. The number of hydrogen-bond donors (Lipinski definition) is 1. The van der Waals surface area contributed by atoms with Crippen LogP contribution in [-0.2, 0) is 4.74 Å². The maximum atomic E-state index is 5.39. The predicted molar refractivity (Wildman–Crippen MR) is 97.2 cm³/mol. The van der Waals surface area contributed by atoms with E-state index in [1.807, 2.05) is 52.9 Å². The highest BCUT2D eigenvalue weighted by Crippen LogP contribution is 2.25. The molecule has 8 nitrogen and oxygen atoms in total. The van der Waals surface area contributed by atoms with Crippen LogP contribution in [-0.4, -0.2) is 48.2 Å². The Morgan fingerprint density at radius 3 is 2.85 bits per heavy atom. The van der Waals surface area contributed by atoms with Crippen LogP contribution in [0.15, 0.2) is 37.1 Å². The van der Waals surface area contributed by atoms with E-state index in [0.29, 0.717) is 17.8 Å². The number of aromatic nitrogens is 6. The van der Waals surface area contributed by atoms with E-state index in [1.54, 1.807) is 0 Å². The van der Waals surface area contributed by atoms with Crippen molar-refractivity contribution in [2.75, 3.05) is 18.5 Å². The normalized spacial score (nSPS) is 15.7. The Morgan fingerprint density at radius 1 is 1.12 bits per heavy atom. The molecule has 0 aliphatic carbocycles. The van der Waals surface area contributed by atoms with Gasteiger partial charge in [-0.15, -0.1) is 5.10 Å². The summed E-state index contributed by atoms with van der Waals surface area (Å²) in [7, 11) is 0.